The number of carbonyl (C=O) groups excluding carboxylic acids is 2. The van der Waals surface area contributed by atoms with Crippen LogP contribution in [0.2, 0.25) is 0 Å². The first kappa shape index (κ1) is 22.5. The maximum Gasteiger partial charge on any atom is 0.321 e. The van der Waals surface area contributed by atoms with Gasteiger partial charge in [-0.1, -0.05) is 29.8 Å². The van der Waals surface area contributed by atoms with Crippen LogP contribution >= 0.6 is 0 Å². The predicted octanol–water partition coefficient (Wildman–Crippen LogP) is 3.96. The molecule has 7 nitrogen and oxygen atoms in total. The van der Waals surface area contributed by atoms with E-state index in [0.717, 1.165) is 18.4 Å². The topological polar surface area (TPSA) is 79.9 Å². The minimum Gasteiger partial charge on any atom is -0.497 e. The van der Waals surface area contributed by atoms with E-state index < -0.39 is 5.41 Å². The first-order valence-electron chi connectivity index (χ1n) is 10.5. The summed E-state index contributed by atoms with van der Waals surface area (Å²) in [6.45, 7) is 5.38. The summed E-state index contributed by atoms with van der Waals surface area (Å²) in [5, 5.41) is 5.93. The number of hydrogen-bond donors (Lipinski definition) is 2. The van der Waals surface area contributed by atoms with Crippen molar-refractivity contribution in [3.63, 3.8) is 0 Å². The molecule has 0 bridgehead atoms. The smallest absolute Gasteiger partial charge is 0.321 e. The molecule has 1 saturated heterocycles. The molecule has 166 valence electrons. The molecule has 31 heavy (non-hydrogen) atoms. The van der Waals surface area contributed by atoms with E-state index in [4.69, 9.17) is 9.47 Å². The summed E-state index contributed by atoms with van der Waals surface area (Å²) in [5.41, 5.74) is 2.13. The summed E-state index contributed by atoms with van der Waals surface area (Å²) in [5.74, 6) is 1.13. The van der Waals surface area contributed by atoms with E-state index in [0.29, 0.717) is 36.8 Å². The fourth-order valence-electron chi connectivity index (χ4n) is 3.81. The monoisotopic (exact) mass is 425 g/mol. The quantitative estimate of drug-likeness (QED) is 0.734. The van der Waals surface area contributed by atoms with Crippen molar-refractivity contribution < 1.29 is 19.1 Å². The summed E-state index contributed by atoms with van der Waals surface area (Å²) >= 11 is 0. The molecule has 2 aromatic rings. The van der Waals surface area contributed by atoms with Gasteiger partial charge in [0.1, 0.15) is 11.5 Å². The fraction of sp³-hybridized carbons (Fsp3) is 0.417. The Labute approximate surface area is 183 Å². The second-order valence-electron chi connectivity index (χ2n) is 8.25. The Morgan fingerprint density at radius 1 is 1.10 bits per heavy atom. The maximum absolute atomic E-state index is 13.0. The summed E-state index contributed by atoms with van der Waals surface area (Å²) in [4.78, 5) is 27.6. The minimum atomic E-state index is -0.640. The third-order valence-corrected chi connectivity index (χ3v) is 5.75. The summed E-state index contributed by atoms with van der Waals surface area (Å²) in [6.07, 6.45) is 1.50. The number of hydrogen-bond acceptors (Lipinski definition) is 4. The number of likely N-dealkylation sites (tertiary alicyclic amines) is 1. The highest BCUT2D eigenvalue weighted by Gasteiger charge is 2.39. The molecule has 1 atom stereocenters. The lowest BCUT2D eigenvalue weighted by Crippen LogP contribution is -2.52. The summed E-state index contributed by atoms with van der Waals surface area (Å²) in [7, 11) is 3.12. The van der Waals surface area contributed by atoms with Crippen LogP contribution in [-0.2, 0) is 11.3 Å². The number of methoxy groups -OCH3 is 2. The van der Waals surface area contributed by atoms with Gasteiger partial charge in [0.05, 0.1) is 25.3 Å². The molecule has 0 spiro atoms. The molecule has 2 aromatic carbocycles. The number of rotatable bonds is 6. The van der Waals surface area contributed by atoms with E-state index in [-0.39, 0.29) is 11.9 Å². The molecule has 0 aliphatic carbocycles. The van der Waals surface area contributed by atoms with Gasteiger partial charge in [0.2, 0.25) is 5.91 Å². The van der Waals surface area contributed by atoms with Crippen molar-refractivity contribution in [1.82, 2.24) is 10.2 Å². The number of ether oxygens (including phenoxy) is 2. The molecule has 0 saturated carbocycles. The summed E-state index contributed by atoms with van der Waals surface area (Å²) in [6, 6.07) is 13.1. The van der Waals surface area contributed by atoms with Crippen LogP contribution in [0, 0.1) is 12.3 Å². The van der Waals surface area contributed by atoms with Crippen LogP contribution in [-0.4, -0.2) is 44.1 Å². The fourth-order valence-corrected chi connectivity index (χ4v) is 3.81. The molecule has 1 heterocycles. The Morgan fingerprint density at radius 2 is 1.84 bits per heavy atom. The zero-order chi connectivity index (χ0) is 22.4. The summed E-state index contributed by atoms with van der Waals surface area (Å²) < 4.78 is 10.6. The van der Waals surface area contributed by atoms with Crippen LogP contribution in [0.15, 0.2) is 42.5 Å². The minimum absolute atomic E-state index is 0.0375. The Kier molecular flexibility index (Phi) is 7.05. The molecule has 7 heteroatoms. The van der Waals surface area contributed by atoms with Crippen molar-refractivity contribution in [1.29, 1.82) is 0 Å². The van der Waals surface area contributed by atoms with Crippen molar-refractivity contribution in [2.45, 2.75) is 33.2 Å². The predicted molar refractivity (Wildman–Crippen MR) is 121 cm³/mol. The van der Waals surface area contributed by atoms with Gasteiger partial charge in [0.25, 0.3) is 0 Å². The highest BCUT2D eigenvalue weighted by Crippen LogP contribution is 2.32. The normalized spacial score (nSPS) is 18.3. The SMILES string of the molecule is COc1ccc(OC)c(NC(=O)N2CCCC(C)(C(=O)NCc3ccc(C)cc3)C2)c1. The van der Waals surface area contributed by atoms with Crippen LogP contribution in [0.3, 0.4) is 0 Å². The van der Waals surface area contributed by atoms with Crippen LogP contribution < -0.4 is 20.1 Å². The van der Waals surface area contributed by atoms with Gasteiger partial charge >= 0.3 is 6.03 Å². The molecule has 0 radical (unpaired) electrons. The van der Waals surface area contributed by atoms with Crippen molar-refractivity contribution >= 4 is 17.6 Å². The van der Waals surface area contributed by atoms with E-state index in [1.165, 1.54) is 5.56 Å². The molecule has 1 aliphatic heterocycles. The van der Waals surface area contributed by atoms with Crippen molar-refractivity contribution in [3.8, 4) is 11.5 Å². The van der Waals surface area contributed by atoms with E-state index in [1.54, 1.807) is 37.3 Å². The number of nitrogens with one attached hydrogen (secondary N) is 2. The number of amides is 3. The van der Waals surface area contributed by atoms with E-state index in [2.05, 4.69) is 10.6 Å². The number of anilines is 1. The molecule has 3 rings (SSSR count). The molecule has 1 aliphatic rings. The molecule has 1 fully saturated rings. The average molecular weight is 426 g/mol. The Hall–Kier alpha value is -3.22. The van der Waals surface area contributed by atoms with Crippen molar-refractivity contribution in [2.24, 2.45) is 5.41 Å². The Balaban J connectivity index is 1.64. The lowest BCUT2D eigenvalue weighted by molar-refractivity contribution is -0.132. The first-order chi connectivity index (χ1) is 14.8. The number of urea groups is 1. The highest BCUT2D eigenvalue weighted by molar-refractivity contribution is 5.92. The zero-order valence-electron chi connectivity index (χ0n) is 18.7. The largest absolute Gasteiger partial charge is 0.497 e. The van der Waals surface area contributed by atoms with Gasteiger partial charge < -0.3 is 25.0 Å². The van der Waals surface area contributed by atoms with Crippen LogP contribution in [0.4, 0.5) is 10.5 Å². The van der Waals surface area contributed by atoms with Crippen molar-refractivity contribution in [2.75, 3.05) is 32.6 Å². The third-order valence-electron chi connectivity index (χ3n) is 5.75. The Morgan fingerprint density at radius 3 is 2.52 bits per heavy atom. The van der Waals surface area contributed by atoms with Gasteiger partial charge in [-0.2, -0.15) is 0 Å². The van der Waals surface area contributed by atoms with Crippen LogP contribution in [0.5, 0.6) is 11.5 Å². The molecule has 1 unspecified atom stereocenters. The molecular weight excluding hydrogens is 394 g/mol. The second kappa shape index (κ2) is 9.73. The maximum atomic E-state index is 13.0. The first-order valence-corrected chi connectivity index (χ1v) is 10.5. The van der Waals surface area contributed by atoms with Crippen LogP contribution in [0.25, 0.3) is 0 Å². The zero-order valence-corrected chi connectivity index (χ0v) is 18.7. The van der Waals surface area contributed by atoms with E-state index >= 15 is 0 Å². The molecule has 0 aromatic heterocycles. The molecular formula is C24H31N3O4. The molecule has 2 N–H and O–H groups in total. The number of nitrogens with zero attached hydrogens (tertiary/aromatic N) is 1. The van der Waals surface area contributed by atoms with Crippen LogP contribution in [0.1, 0.15) is 30.9 Å². The molecule has 3 amide bonds. The van der Waals surface area contributed by atoms with E-state index in [1.807, 2.05) is 38.1 Å². The van der Waals surface area contributed by atoms with Gasteiger partial charge in [-0.15, -0.1) is 0 Å². The Bertz CT molecular complexity index is 929. The van der Waals surface area contributed by atoms with Gasteiger partial charge in [-0.05, 0) is 44.4 Å². The number of benzene rings is 2. The highest BCUT2D eigenvalue weighted by atomic mass is 16.5. The second-order valence-corrected chi connectivity index (χ2v) is 8.25. The van der Waals surface area contributed by atoms with Crippen molar-refractivity contribution in [3.05, 3.63) is 53.6 Å². The third kappa shape index (κ3) is 5.48. The van der Waals surface area contributed by atoms with E-state index in [9.17, 15) is 9.59 Å². The number of carbonyl (C=O) groups is 2. The van der Waals surface area contributed by atoms with Gasteiger partial charge in [0, 0.05) is 25.7 Å². The number of aryl methyl sites for hydroxylation is 1. The standard InChI is InChI=1S/C24H31N3O4/c1-17-6-8-18(9-7-17)15-25-22(28)24(2)12-5-13-27(16-24)23(29)26-20-14-19(30-3)10-11-21(20)31-4/h6-11,14H,5,12-13,15-16H2,1-4H3,(H,25,28)(H,26,29). The van der Waals surface area contributed by atoms with Gasteiger partial charge in [0.15, 0.2) is 0 Å². The number of piperidine rings is 1. The van der Waals surface area contributed by atoms with Gasteiger partial charge in [-0.25, -0.2) is 4.79 Å². The van der Waals surface area contributed by atoms with Gasteiger partial charge in [-0.3, -0.25) is 4.79 Å². The lowest BCUT2D eigenvalue weighted by atomic mass is 9.81. The lowest BCUT2D eigenvalue weighted by Gasteiger charge is -2.39. The average Bonchev–Trinajstić information content (AvgIpc) is 2.78.